The van der Waals surface area contributed by atoms with E-state index >= 15 is 0 Å². The van der Waals surface area contributed by atoms with Gasteiger partial charge in [0.15, 0.2) is 5.82 Å². The number of hydrogen-bond acceptors (Lipinski definition) is 5. The summed E-state index contributed by atoms with van der Waals surface area (Å²) in [4.78, 5) is 0.700. The van der Waals surface area contributed by atoms with Crippen molar-refractivity contribution in [2.24, 2.45) is 0 Å². The summed E-state index contributed by atoms with van der Waals surface area (Å²) >= 11 is 2.99. The zero-order valence-corrected chi connectivity index (χ0v) is 11.7. The van der Waals surface area contributed by atoms with Crippen LogP contribution < -0.4 is 0 Å². The predicted octanol–water partition coefficient (Wildman–Crippen LogP) is 3.72. The Balaban J connectivity index is 1.88. The van der Waals surface area contributed by atoms with E-state index in [-0.39, 0.29) is 5.82 Å². The van der Waals surface area contributed by atoms with Crippen LogP contribution in [0.2, 0.25) is 0 Å². The fraction of sp³-hybridized carbons (Fsp3) is 0. The summed E-state index contributed by atoms with van der Waals surface area (Å²) in [5.41, 5.74) is 1.73. The SMILES string of the molecule is Fc1cccc(-c2nn3c(-c4ccsc4)nnc3s2)c1. The predicted molar refractivity (Wildman–Crippen MR) is 77.4 cm³/mol. The highest BCUT2D eigenvalue weighted by atomic mass is 32.1. The molecule has 0 bridgehead atoms. The Morgan fingerprint density at radius 3 is 2.85 bits per heavy atom. The normalized spacial score (nSPS) is 11.2. The summed E-state index contributed by atoms with van der Waals surface area (Å²) in [7, 11) is 0. The second kappa shape index (κ2) is 4.46. The van der Waals surface area contributed by atoms with Gasteiger partial charge in [0.1, 0.15) is 10.8 Å². The van der Waals surface area contributed by atoms with Gasteiger partial charge in [-0.05, 0) is 23.6 Å². The lowest BCUT2D eigenvalue weighted by Gasteiger charge is -1.95. The number of nitrogens with zero attached hydrogens (tertiary/aromatic N) is 4. The number of benzene rings is 1. The van der Waals surface area contributed by atoms with Gasteiger partial charge in [0.05, 0.1) is 0 Å². The third-order valence-electron chi connectivity index (χ3n) is 2.84. The van der Waals surface area contributed by atoms with Gasteiger partial charge in [-0.15, -0.1) is 10.2 Å². The molecule has 0 radical (unpaired) electrons. The molecule has 4 nitrogen and oxygen atoms in total. The molecular formula is C13H7FN4S2. The smallest absolute Gasteiger partial charge is 0.207 e. The second-order valence-electron chi connectivity index (χ2n) is 4.15. The van der Waals surface area contributed by atoms with Crippen LogP contribution in [0.15, 0.2) is 41.1 Å². The monoisotopic (exact) mass is 302 g/mol. The molecule has 4 rings (SSSR count). The van der Waals surface area contributed by atoms with Crippen molar-refractivity contribution in [3.05, 3.63) is 46.9 Å². The molecule has 20 heavy (non-hydrogen) atoms. The first-order chi connectivity index (χ1) is 9.81. The summed E-state index contributed by atoms with van der Waals surface area (Å²) in [5.74, 6) is 0.437. The molecule has 3 heterocycles. The second-order valence-corrected chi connectivity index (χ2v) is 5.88. The van der Waals surface area contributed by atoms with Crippen LogP contribution in [-0.4, -0.2) is 19.8 Å². The average Bonchev–Trinajstić information content (AvgIpc) is 3.14. The molecular weight excluding hydrogens is 295 g/mol. The zero-order chi connectivity index (χ0) is 13.5. The van der Waals surface area contributed by atoms with Gasteiger partial charge in [0.25, 0.3) is 0 Å². The number of hydrogen-bond donors (Lipinski definition) is 0. The minimum Gasteiger partial charge on any atom is -0.207 e. The van der Waals surface area contributed by atoms with Gasteiger partial charge in [-0.2, -0.15) is 21.0 Å². The van der Waals surface area contributed by atoms with E-state index in [4.69, 9.17) is 0 Å². The highest BCUT2D eigenvalue weighted by Crippen LogP contribution is 2.28. The van der Waals surface area contributed by atoms with Crippen LogP contribution in [0.1, 0.15) is 0 Å². The molecule has 0 saturated heterocycles. The van der Waals surface area contributed by atoms with Gasteiger partial charge in [-0.25, -0.2) is 4.39 Å². The van der Waals surface area contributed by atoms with Crippen molar-refractivity contribution in [3.8, 4) is 22.0 Å². The molecule has 0 amide bonds. The Labute approximate surface area is 121 Å². The summed E-state index contributed by atoms with van der Waals surface area (Å²) in [6.45, 7) is 0. The molecule has 0 N–H and O–H groups in total. The maximum atomic E-state index is 13.3. The first kappa shape index (κ1) is 11.7. The van der Waals surface area contributed by atoms with E-state index in [2.05, 4.69) is 15.3 Å². The number of fused-ring (bicyclic) bond motifs is 1. The number of halogens is 1. The molecule has 0 aliphatic rings. The Bertz CT molecular complexity index is 879. The summed E-state index contributed by atoms with van der Waals surface area (Å²) in [6.07, 6.45) is 0. The van der Waals surface area contributed by atoms with Crippen molar-refractivity contribution in [3.63, 3.8) is 0 Å². The van der Waals surface area contributed by atoms with Crippen LogP contribution in [0.4, 0.5) is 4.39 Å². The number of aromatic nitrogens is 4. The van der Waals surface area contributed by atoms with Crippen molar-refractivity contribution in [1.29, 1.82) is 0 Å². The molecule has 0 unspecified atom stereocenters. The Kier molecular flexibility index (Phi) is 2.61. The van der Waals surface area contributed by atoms with Crippen LogP contribution in [-0.2, 0) is 0 Å². The molecule has 0 atom stereocenters. The summed E-state index contributed by atoms with van der Waals surface area (Å²) in [5, 5.41) is 17.5. The third-order valence-corrected chi connectivity index (χ3v) is 4.47. The lowest BCUT2D eigenvalue weighted by atomic mass is 10.2. The van der Waals surface area contributed by atoms with E-state index in [1.54, 1.807) is 21.9 Å². The molecule has 4 aromatic rings. The Morgan fingerprint density at radius 2 is 2.05 bits per heavy atom. The lowest BCUT2D eigenvalue weighted by molar-refractivity contribution is 0.628. The van der Waals surface area contributed by atoms with Gasteiger partial charge in [-0.1, -0.05) is 23.5 Å². The van der Waals surface area contributed by atoms with E-state index in [0.29, 0.717) is 10.8 Å². The van der Waals surface area contributed by atoms with Crippen molar-refractivity contribution in [2.45, 2.75) is 0 Å². The van der Waals surface area contributed by atoms with E-state index in [1.807, 2.05) is 22.9 Å². The van der Waals surface area contributed by atoms with E-state index in [9.17, 15) is 4.39 Å². The largest absolute Gasteiger partial charge is 0.235 e. The molecule has 7 heteroatoms. The summed E-state index contributed by atoms with van der Waals surface area (Å²) < 4.78 is 15.0. The van der Waals surface area contributed by atoms with Gasteiger partial charge >= 0.3 is 0 Å². The topological polar surface area (TPSA) is 43.1 Å². The van der Waals surface area contributed by atoms with E-state index < -0.39 is 0 Å². The quantitative estimate of drug-likeness (QED) is 0.567. The molecule has 0 spiro atoms. The fourth-order valence-corrected chi connectivity index (χ4v) is 3.40. The van der Waals surface area contributed by atoms with Gasteiger partial charge < -0.3 is 0 Å². The van der Waals surface area contributed by atoms with Crippen LogP contribution >= 0.6 is 22.7 Å². The maximum Gasteiger partial charge on any atom is 0.235 e. The van der Waals surface area contributed by atoms with Crippen molar-refractivity contribution in [2.75, 3.05) is 0 Å². The summed E-state index contributed by atoms with van der Waals surface area (Å²) in [6, 6.07) is 8.37. The van der Waals surface area contributed by atoms with E-state index in [0.717, 1.165) is 16.1 Å². The average molecular weight is 302 g/mol. The van der Waals surface area contributed by atoms with E-state index in [1.165, 1.54) is 23.5 Å². The van der Waals surface area contributed by atoms with Crippen LogP contribution in [0.5, 0.6) is 0 Å². The fourth-order valence-electron chi connectivity index (χ4n) is 1.93. The Hall–Kier alpha value is -2.12. The van der Waals surface area contributed by atoms with Crippen LogP contribution in [0, 0.1) is 5.82 Å². The van der Waals surface area contributed by atoms with Gasteiger partial charge in [0, 0.05) is 16.5 Å². The van der Waals surface area contributed by atoms with Crippen molar-refractivity contribution in [1.82, 2.24) is 19.8 Å². The lowest BCUT2D eigenvalue weighted by Crippen LogP contribution is -1.89. The molecule has 0 fully saturated rings. The highest BCUT2D eigenvalue weighted by molar-refractivity contribution is 7.19. The van der Waals surface area contributed by atoms with Gasteiger partial charge in [-0.3, -0.25) is 0 Å². The minimum atomic E-state index is -0.272. The molecule has 3 aromatic heterocycles. The van der Waals surface area contributed by atoms with Crippen molar-refractivity contribution < 1.29 is 4.39 Å². The first-order valence-electron chi connectivity index (χ1n) is 5.82. The third kappa shape index (κ3) is 1.83. The molecule has 0 aliphatic carbocycles. The maximum absolute atomic E-state index is 13.3. The molecule has 0 saturated carbocycles. The minimum absolute atomic E-state index is 0.272. The molecule has 0 aliphatic heterocycles. The van der Waals surface area contributed by atoms with Crippen LogP contribution in [0.3, 0.4) is 0 Å². The van der Waals surface area contributed by atoms with Crippen molar-refractivity contribution >= 4 is 27.6 Å². The highest BCUT2D eigenvalue weighted by Gasteiger charge is 2.14. The molecule has 1 aromatic carbocycles. The molecule has 98 valence electrons. The first-order valence-corrected chi connectivity index (χ1v) is 7.58. The number of rotatable bonds is 2. The Morgan fingerprint density at radius 1 is 1.10 bits per heavy atom. The van der Waals surface area contributed by atoms with Crippen LogP contribution in [0.25, 0.3) is 26.9 Å². The number of thiophene rings is 1. The zero-order valence-electron chi connectivity index (χ0n) is 10.0. The standard InChI is InChI=1S/C13H7FN4S2/c14-10-3-1-2-8(6-10)12-17-18-11(9-4-5-19-7-9)15-16-13(18)20-12/h1-7H. The van der Waals surface area contributed by atoms with Gasteiger partial charge in [0.2, 0.25) is 4.96 Å².